The van der Waals surface area contributed by atoms with Crippen LogP contribution in [0.3, 0.4) is 0 Å². The highest BCUT2D eigenvalue weighted by molar-refractivity contribution is 5.66. The first-order chi connectivity index (χ1) is 15.1. The lowest BCUT2D eigenvalue weighted by molar-refractivity contribution is 0.270. The molecule has 3 rings (SSSR count). The monoisotopic (exact) mass is 424 g/mol. The number of likely N-dealkylation sites (N-methyl/N-ethyl adjacent to an activating group) is 2. The topological polar surface area (TPSA) is 105 Å². The normalized spacial score (nSPS) is 10.6. The van der Waals surface area contributed by atoms with Crippen LogP contribution in [-0.4, -0.2) is 61.5 Å². The lowest BCUT2D eigenvalue weighted by Crippen LogP contribution is -2.27. The molecule has 9 nitrogen and oxygen atoms in total. The lowest BCUT2D eigenvalue weighted by atomic mass is 10.1. The minimum absolute atomic E-state index is 0.184. The molecule has 0 bridgehead atoms. The average molecular weight is 425 g/mol. The zero-order chi connectivity index (χ0) is 22.2. The molecular formula is C22H28N6O3. The number of rotatable bonds is 10. The fourth-order valence-corrected chi connectivity index (χ4v) is 3.12. The van der Waals surface area contributed by atoms with Gasteiger partial charge in [-0.25, -0.2) is 15.0 Å². The number of aliphatic hydroxyl groups excluding tert-OH is 1. The van der Waals surface area contributed by atoms with Gasteiger partial charge in [0, 0.05) is 55.4 Å². The molecule has 2 heterocycles. The van der Waals surface area contributed by atoms with Gasteiger partial charge in [-0.3, -0.25) is 0 Å². The van der Waals surface area contributed by atoms with Crippen molar-refractivity contribution in [2.75, 3.05) is 51.6 Å². The Morgan fingerprint density at radius 3 is 2.58 bits per heavy atom. The SMILES string of the molecule is CNCCN(C)c1cc(-c2ccnc(Nc3cc(CO)c(OC)c(OC)c3)n2)ccn1. The second-order valence-corrected chi connectivity index (χ2v) is 6.85. The highest BCUT2D eigenvalue weighted by Crippen LogP contribution is 2.35. The van der Waals surface area contributed by atoms with Crippen molar-refractivity contribution in [1.82, 2.24) is 20.3 Å². The largest absolute Gasteiger partial charge is 0.493 e. The number of hydrogen-bond donors (Lipinski definition) is 3. The van der Waals surface area contributed by atoms with Crippen LogP contribution in [0.2, 0.25) is 0 Å². The van der Waals surface area contributed by atoms with Crippen LogP contribution in [0.4, 0.5) is 17.5 Å². The number of methoxy groups -OCH3 is 2. The van der Waals surface area contributed by atoms with Crippen molar-refractivity contribution in [1.29, 1.82) is 0 Å². The van der Waals surface area contributed by atoms with E-state index >= 15 is 0 Å². The molecule has 0 unspecified atom stereocenters. The first-order valence-electron chi connectivity index (χ1n) is 9.87. The number of nitrogens with zero attached hydrogens (tertiary/aromatic N) is 4. The molecule has 0 aliphatic rings. The lowest BCUT2D eigenvalue weighted by Gasteiger charge is -2.18. The van der Waals surface area contributed by atoms with E-state index in [9.17, 15) is 5.11 Å². The van der Waals surface area contributed by atoms with Gasteiger partial charge < -0.3 is 30.1 Å². The molecular weight excluding hydrogens is 396 g/mol. The number of anilines is 3. The molecule has 0 saturated carbocycles. The van der Waals surface area contributed by atoms with E-state index in [1.807, 2.05) is 32.3 Å². The zero-order valence-corrected chi connectivity index (χ0v) is 18.2. The molecule has 0 aliphatic carbocycles. The first-order valence-corrected chi connectivity index (χ1v) is 9.87. The maximum absolute atomic E-state index is 9.67. The van der Waals surface area contributed by atoms with Crippen LogP contribution in [0.25, 0.3) is 11.3 Å². The molecule has 164 valence electrons. The standard InChI is InChI=1S/C22H28N6O3/c1-23-9-10-28(2)20-12-15(5-7-24-20)18-6-8-25-22(27-18)26-17-11-16(14-29)21(31-4)19(13-17)30-3/h5-8,11-13,23,29H,9-10,14H2,1-4H3,(H,25,26,27). The Morgan fingerprint density at radius 1 is 1.06 bits per heavy atom. The number of ether oxygens (including phenoxy) is 2. The Kier molecular flexibility index (Phi) is 7.58. The second-order valence-electron chi connectivity index (χ2n) is 6.85. The maximum atomic E-state index is 9.67. The molecule has 0 atom stereocenters. The van der Waals surface area contributed by atoms with Gasteiger partial charge in [0.15, 0.2) is 11.5 Å². The van der Waals surface area contributed by atoms with Crippen LogP contribution in [0, 0.1) is 0 Å². The quantitative estimate of drug-likeness (QED) is 0.453. The van der Waals surface area contributed by atoms with E-state index < -0.39 is 0 Å². The van der Waals surface area contributed by atoms with Crippen LogP contribution < -0.4 is 25.0 Å². The summed E-state index contributed by atoms with van der Waals surface area (Å²) < 4.78 is 10.7. The van der Waals surface area contributed by atoms with Crippen LogP contribution in [0.15, 0.2) is 42.7 Å². The summed E-state index contributed by atoms with van der Waals surface area (Å²) in [5, 5.41) is 16.0. The highest BCUT2D eigenvalue weighted by atomic mass is 16.5. The van der Waals surface area contributed by atoms with E-state index in [0.29, 0.717) is 28.7 Å². The fraction of sp³-hybridized carbons (Fsp3) is 0.318. The molecule has 0 radical (unpaired) electrons. The van der Waals surface area contributed by atoms with Crippen LogP contribution in [-0.2, 0) is 6.61 Å². The smallest absolute Gasteiger partial charge is 0.227 e. The van der Waals surface area contributed by atoms with E-state index in [0.717, 1.165) is 30.2 Å². The minimum Gasteiger partial charge on any atom is -0.493 e. The Labute approximate surface area is 182 Å². The molecule has 0 aliphatic heterocycles. The Bertz CT molecular complexity index is 989. The minimum atomic E-state index is -0.184. The average Bonchev–Trinajstić information content (AvgIpc) is 2.82. The van der Waals surface area contributed by atoms with Crippen molar-refractivity contribution in [2.45, 2.75) is 6.61 Å². The summed E-state index contributed by atoms with van der Waals surface area (Å²) in [5.41, 5.74) is 2.99. The molecule has 0 spiro atoms. The number of benzene rings is 1. The summed E-state index contributed by atoms with van der Waals surface area (Å²) >= 11 is 0. The van der Waals surface area contributed by atoms with Gasteiger partial charge in [0.2, 0.25) is 5.95 Å². The second kappa shape index (κ2) is 10.6. The Hall–Kier alpha value is -3.43. The van der Waals surface area contributed by atoms with Gasteiger partial charge in [-0.15, -0.1) is 0 Å². The molecule has 1 aromatic carbocycles. The summed E-state index contributed by atoms with van der Waals surface area (Å²) in [7, 11) is 7.02. The molecule has 0 fully saturated rings. The maximum Gasteiger partial charge on any atom is 0.227 e. The van der Waals surface area contributed by atoms with Gasteiger partial charge in [0.25, 0.3) is 0 Å². The molecule has 0 saturated heterocycles. The van der Waals surface area contributed by atoms with Crippen molar-refractivity contribution < 1.29 is 14.6 Å². The summed E-state index contributed by atoms with van der Waals surface area (Å²) in [6, 6.07) is 9.32. The predicted molar refractivity (Wildman–Crippen MR) is 121 cm³/mol. The summed E-state index contributed by atoms with van der Waals surface area (Å²) in [5.74, 6) is 2.30. The highest BCUT2D eigenvalue weighted by Gasteiger charge is 2.13. The van der Waals surface area contributed by atoms with Crippen molar-refractivity contribution in [2.24, 2.45) is 0 Å². The van der Waals surface area contributed by atoms with Crippen LogP contribution in [0.1, 0.15) is 5.56 Å². The van der Waals surface area contributed by atoms with E-state index in [2.05, 4.69) is 30.5 Å². The van der Waals surface area contributed by atoms with E-state index in [-0.39, 0.29) is 6.61 Å². The van der Waals surface area contributed by atoms with Crippen molar-refractivity contribution in [3.63, 3.8) is 0 Å². The zero-order valence-electron chi connectivity index (χ0n) is 18.2. The third-order valence-electron chi connectivity index (χ3n) is 4.77. The van der Waals surface area contributed by atoms with E-state index in [1.54, 1.807) is 31.6 Å². The van der Waals surface area contributed by atoms with Crippen LogP contribution in [0.5, 0.6) is 11.5 Å². The van der Waals surface area contributed by atoms with Gasteiger partial charge in [0.1, 0.15) is 5.82 Å². The Balaban J connectivity index is 1.86. The van der Waals surface area contributed by atoms with E-state index in [4.69, 9.17) is 9.47 Å². The van der Waals surface area contributed by atoms with Crippen molar-refractivity contribution in [3.05, 3.63) is 48.3 Å². The molecule has 0 amide bonds. The number of pyridine rings is 1. The Morgan fingerprint density at radius 2 is 1.87 bits per heavy atom. The van der Waals surface area contributed by atoms with Crippen molar-refractivity contribution >= 4 is 17.5 Å². The number of hydrogen-bond acceptors (Lipinski definition) is 9. The molecule has 31 heavy (non-hydrogen) atoms. The third kappa shape index (κ3) is 5.39. The van der Waals surface area contributed by atoms with Gasteiger partial charge in [-0.1, -0.05) is 0 Å². The third-order valence-corrected chi connectivity index (χ3v) is 4.77. The number of aromatic nitrogens is 3. The molecule has 9 heteroatoms. The first kappa shape index (κ1) is 22.3. The molecule has 3 aromatic rings. The van der Waals surface area contributed by atoms with Gasteiger partial charge in [0.05, 0.1) is 26.5 Å². The van der Waals surface area contributed by atoms with Gasteiger partial charge in [-0.05, 0) is 31.3 Å². The number of aliphatic hydroxyl groups is 1. The van der Waals surface area contributed by atoms with E-state index in [1.165, 1.54) is 7.11 Å². The summed E-state index contributed by atoms with van der Waals surface area (Å²) in [6.45, 7) is 1.53. The van der Waals surface area contributed by atoms with Crippen LogP contribution >= 0.6 is 0 Å². The van der Waals surface area contributed by atoms with Gasteiger partial charge in [-0.2, -0.15) is 0 Å². The number of nitrogens with one attached hydrogen (secondary N) is 2. The predicted octanol–water partition coefficient (Wildman–Crippen LogP) is 2.45. The van der Waals surface area contributed by atoms with Gasteiger partial charge >= 0.3 is 0 Å². The summed E-state index contributed by atoms with van der Waals surface area (Å²) in [6.07, 6.45) is 3.47. The fourth-order valence-electron chi connectivity index (χ4n) is 3.12. The molecule has 3 N–H and O–H groups in total. The molecule has 2 aromatic heterocycles. The summed E-state index contributed by atoms with van der Waals surface area (Å²) in [4.78, 5) is 15.5. The van der Waals surface area contributed by atoms with Crippen molar-refractivity contribution in [3.8, 4) is 22.8 Å².